The van der Waals surface area contributed by atoms with Gasteiger partial charge in [0.1, 0.15) is 5.69 Å². The van der Waals surface area contributed by atoms with E-state index in [0.29, 0.717) is 6.07 Å². The van der Waals surface area contributed by atoms with E-state index in [1.54, 1.807) is 5.59 Å². The highest BCUT2D eigenvalue weighted by Crippen LogP contribution is 2.34. The fraction of sp³-hybridized carbons (Fsp3) is 0. The molecule has 19 heavy (non-hydrogen) atoms. The van der Waals surface area contributed by atoms with E-state index < -0.39 is 29.0 Å². The van der Waals surface area contributed by atoms with Crippen molar-refractivity contribution >= 4 is 24.9 Å². The van der Waals surface area contributed by atoms with Gasteiger partial charge in [-0.25, -0.2) is 4.57 Å². The average molecular weight is 294 g/mol. The Morgan fingerprint density at radius 2 is 1.84 bits per heavy atom. The Morgan fingerprint density at radius 3 is 2.32 bits per heavy atom. The Labute approximate surface area is 104 Å². The first-order valence-electron chi connectivity index (χ1n) is 4.38. The zero-order valence-corrected chi connectivity index (χ0v) is 9.81. The highest BCUT2D eigenvalue weighted by atomic mass is 31.2. The number of hydrogen-bond donors (Lipinski definition) is 4. The van der Waals surface area contributed by atoms with Gasteiger partial charge in [0.2, 0.25) is 0 Å². The first-order valence-corrected chi connectivity index (χ1v) is 5.92. The van der Waals surface area contributed by atoms with Gasteiger partial charge in [0.25, 0.3) is 5.69 Å². The minimum atomic E-state index is -4.82. The molecule has 0 aromatic heterocycles. The number of nitrogens with zero attached hydrogens (tertiary/aromatic N) is 2. The Kier molecular flexibility index (Phi) is 4.47. The van der Waals surface area contributed by atoms with Gasteiger partial charge in [-0.05, 0) is 6.07 Å². The third-order valence-electron chi connectivity index (χ3n) is 1.74. The molecule has 1 aromatic carbocycles. The summed E-state index contributed by atoms with van der Waals surface area (Å²) in [4.78, 5) is 36.1. The van der Waals surface area contributed by atoms with Crippen molar-refractivity contribution in [3.05, 3.63) is 38.4 Å². The van der Waals surface area contributed by atoms with Crippen molar-refractivity contribution in [3.8, 4) is 0 Å². The molecular weight excluding hydrogens is 287 g/mol. The van der Waals surface area contributed by atoms with E-state index in [1.165, 1.54) is 0 Å². The van der Waals surface area contributed by atoms with Gasteiger partial charge in [-0.1, -0.05) is 0 Å². The number of nitro benzene ring substituents is 2. The van der Waals surface area contributed by atoms with E-state index in [9.17, 15) is 24.8 Å². The monoisotopic (exact) mass is 294 g/mol. The number of hydrogen-bond acceptors (Lipinski definition) is 8. The topological polar surface area (TPSA) is 177 Å². The molecule has 13 heteroatoms. The number of hydrazine groups is 1. The van der Waals surface area contributed by atoms with Gasteiger partial charge in [-0.2, -0.15) is 4.62 Å². The summed E-state index contributed by atoms with van der Waals surface area (Å²) in [5, 5.41) is 21.1. The highest BCUT2D eigenvalue weighted by Gasteiger charge is 2.20. The molecule has 0 atom stereocenters. The molecule has 104 valence electrons. The molecule has 0 aliphatic heterocycles. The Bertz CT molecular complexity index is 556. The number of phosphoric acid groups is 1. The third-order valence-corrected chi connectivity index (χ3v) is 2.07. The zero-order chi connectivity index (χ0) is 14.6. The molecule has 0 spiro atoms. The molecule has 0 aliphatic carbocycles. The van der Waals surface area contributed by atoms with Crippen LogP contribution in [0.25, 0.3) is 0 Å². The summed E-state index contributed by atoms with van der Waals surface area (Å²) in [7, 11) is -4.82. The van der Waals surface area contributed by atoms with E-state index >= 15 is 0 Å². The lowest BCUT2D eigenvalue weighted by molar-refractivity contribution is -0.393. The second-order valence-electron chi connectivity index (χ2n) is 3.02. The van der Waals surface area contributed by atoms with Crippen LogP contribution in [-0.2, 0) is 9.19 Å². The molecule has 12 nitrogen and oxygen atoms in total. The first-order chi connectivity index (χ1) is 8.70. The second kappa shape index (κ2) is 5.69. The van der Waals surface area contributed by atoms with E-state index in [-0.39, 0.29) is 5.69 Å². The van der Waals surface area contributed by atoms with Crippen LogP contribution < -0.4 is 11.0 Å². The molecule has 0 heterocycles. The maximum Gasteiger partial charge on any atom is 0.487 e. The summed E-state index contributed by atoms with van der Waals surface area (Å²) in [6.07, 6.45) is 0. The minimum absolute atomic E-state index is 0.274. The Balaban J connectivity index is 2.91. The maximum absolute atomic E-state index is 10.7. The zero-order valence-electron chi connectivity index (χ0n) is 8.92. The molecule has 0 radical (unpaired) electrons. The number of benzene rings is 1. The van der Waals surface area contributed by atoms with Crippen LogP contribution in [-0.4, -0.2) is 19.6 Å². The van der Waals surface area contributed by atoms with Crippen molar-refractivity contribution < 1.29 is 28.8 Å². The number of non-ortho nitro benzene ring substituents is 1. The highest BCUT2D eigenvalue weighted by molar-refractivity contribution is 7.46. The molecule has 0 saturated carbocycles. The maximum atomic E-state index is 10.7. The third kappa shape index (κ3) is 4.57. The Hall–Kier alpha value is -2.11. The van der Waals surface area contributed by atoms with Gasteiger partial charge in [-0.3, -0.25) is 25.7 Å². The van der Waals surface area contributed by atoms with Crippen LogP contribution in [0, 0.1) is 20.2 Å². The largest absolute Gasteiger partial charge is 0.487 e. The SMILES string of the molecule is O=[N+]([O-])c1ccc(NNOP(=O)(O)O)c([N+](=O)[O-])c1. The molecule has 0 bridgehead atoms. The number of nitro groups is 2. The molecule has 1 aromatic rings. The summed E-state index contributed by atoms with van der Waals surface area (Å²) >= 11 is 0. The van der Waals surface area contributed by atoms with E-state index in [0.717, 1.165) is 12.1 Å². The molecule has 1 rings (SSSR count). The molecule has 0 aliphatic rings. The van der Waals surface area contributed by atoms with Crippen molar-refractivity contribution in [2.45, 2.75) is 0 Å². The number of rotatable bonds is 6. The standard InChI is InChI=1S/C6H7N4O8P/c11-9(12)4-1-2-5(6(3-4)10(13)14)7-8-18-19(15,16)17/h1-3,7-8H,(H2,15,16,17). The lowest BCUT2D eigenvalue weighted by Gasteiger charge is -2.08. The summed E-state index contributed by atoms with van der Waals surface area (Å²) in [6, 6.07) is 2.63. The number of nitrogens with one attached hydrogen (secondary N) is 2. The molecule has 0 fully saturated rings. The van der Waals surface area contributed by atoms with E-state index in [2.05, 4.69) is 4.62 Å². The van der Waals surface area contributed by atoms with Crippen molar-refractivity contribution in [3.63, 3.8) is 0 Å². The summed E-state index contributed by atoms with van der Waals surface area (Å²) in [6.45, 7) is 0. The van der Waals surface area contributed by atoms with Crippen LogP contribution >= 0.6 is 7.82 Å². The molecule has 4 N–H and O–H groups in total. The van der Waals surface area contributed by atoms with Crippen molar-refractivity contribution in [1.29, 1.82) is 0 Å². The van der Waals surface area contributed by atoms with Crippen LogP contribution in [0.15, 0.2) is 18.2 Å². The van der Waals surface area contributed by atoms with Crippen LogP contribution in [0.4, 0.5) is 17.1 Å². The first kappa shape index (κ1) is 14.9. The Morgan fingerprint density at radius 1 is 1.21 bits per heavy atom. The van der Waals surface area contributed by atoms with Crippen molar-refractivity contribution in [2.75, 3.05) is 5.43 Å². The van der Waals surface area contributed by atoms with Gasteiger partial charge in [0, 0.05) is 6.07 Å². The van der Waals surface area contributed by atoms with Gasteiger partial charge in [0.05, 0.1) is 15.9 Å². The fourth-order valence-electron chi connectivity index (χ4n) is 1.03. The molecular formula is C6H7N4O8P. The van der Waals surface area contributed by atoms with Gasteiger partial charge >= 0.3 is 13.5 Å². The predicted molar refractivity (Wildman–Crippen MR) is 59.6 cm³/mol. The molecule has 0 amide bonds. The predicted octanol–water partition coefficient (Wildman–Crippen LogP) is 0.444. The van der Waals surface area contributed by atoms with Crippen LogP contribution in [0.5, 0.6) is 0 Å². The molecule has 0 saturated heterocycles. The average Bonchev–Trinajstić information content (AvgIpc) is 2.27. The van der Waals surface area contributed by atoms with Crippen LogP contribution in [0.3, 0.4) is 0 Å². The summed E-state index contributed by atoms with van der Waals surface area (Å²) in [5.41, 5.74) is 2.14. The second-order valence-corrected chi connectivity index (χ2v) is 4.19. The lowest BCUT2D eigenvalue weighted by atomic mass is 10.2. The fourth-order valence-corrected chi connectivity index (χ4v) is 1.19. The van der Waals surface area contributed by atoms with Gasteiger partial charge in [0.15, 0.2) is 0 Å². The minimum Gasteiger partial charge on any atom is -0.302 e. The molecule has 0 unspecified atom stereocenters. The summed E-state index contributed by atoms with van der Waals surface area (Å²) < 4.78 is 14.1. The smallest absolute Gasteiger partial charge is 0.302 e. The van der Waals surface area contributed by atoms with Crippen LogP contribution in [0.2, 0.25) is 0 Å². The van der Waals surface area contributed by atoms with E-state index in [1.807, 2.05) is 5.43 Å². The van der Waals surface area contributed by atoms with Crippen LogP contribution in [0.1, 0.15) is 0 Å². The van der Waals surface area contributed by atoms with Gasteiger partial charge in [-0.15, -0.1) is 5.59 Å². The lowest BCUT2D eigenvalue weighted by Crippen LogP contribution is -2.21. The van der Waals surface area contributed by atoms with Crippen molar-refractivity contribution in [1.82, 2.24) is 5.59 Å². The quantitative estimate of drug-likeness (QED) is 0.327. The van der Waals surface area contributed by atoms with Crippen molar-refractivity contribution in [2.24, 2.45) is 0 Å². The normalized spacial score (nSPS) is 11.1. The van der Waals surface area contributed by atoms with E-state index in [4.69, 9.17) is 9.79 Å². The number of anilines is 1. The summed E-state index contributed by atoms with van der Waals surface area (Å²) in [5.74, 6) is 0. The van der Waals surface area contributed by atoms with Gasteiger partial charge < -0.3 is 9.79 Å².